The topological polar surface area (TPSA) is 83.1 Å². The maximum absolute atomic E-state index is 14.2. The summed E-state index contributed by atoms with van der Waals surface area (Å²) in [7, 11) is 3.95. The zero-order valence-electron chi connectivity index (χ0n) is 14.9. The molecule has 0 unspecified atom stereocenters. The number of amides is 3. The number of urea groups is 1. The van der Waals surface area contributed by atoms with Gasteiger partial charge in [-0.1, -0.05) is 0 Å². The van der Waals surface area contributed by atoms with E-state index in [4.69, 9.17) is 9.47 Å². The van der Waals surface area contributed by atoms with Gasteiger partial charge in [0.15, 0.2) is 18.2 Å². The number of anilines is 2. The Morgan fingerprint density at radius 1 is 1.46 bits per heavy atom. The minimum atomic E-state index is -0.637. The first kappa shape index (κ1) is 18.4. The lowest BCUT2D eigenvalue weighted by Gasteiger charge is -2.26. The van der Waals surface area contributed by atoms with Crippen LogP contribution in [0.2, 0.25) is 0 Å². The number of fused-ring (bicyclic) bond motifs is 1. The van der Waals surface area contributed by atoms with E-state index in [9.17, 15) is 14.0 Å². The van der Waals surface area contributed by atoms with Crippen molar-refractivity contribution in [1.29, 1.82) is 0 Å². The molecule has 8 nitrogen and oxygen atoms in total. The molecule has 3 amide bonds. The third-order valence-electron chi connectivity index (χ3n) is 4.16. The molecule has 0 bridgehead atoms. The number of carbonyl (C=O) groups is 2. The van der Waals surface area contributed by atoms with Gasteiger partial charge >= 0.3 is 6.03 Å². The highest BCUT2D eigenvalue weighted by atomic mass is 19.1. The molecule has 1 atom stereocenters. The Morgan fingerprint density at radius 2 is 2.27 bits per heavy atom. The molecule has 142 valence electrons. The summed E-state index contributed by atoms with van der Waals surface area (Å²) in [6, 6.07) is 2.33. The van der Waals surface area contributed by atoms with Gasteiger partial charge in [-0.25, -0.2) is 9.18 Å². The Balaban J connectivity index is 1.70. The van der Waals surface area contributed by atoms with Crippen molar-refractivity contribution in [2.45, 2.75) is 0 Å². The molecule has 2 N–H and O–H groups in total. The van der Waals surface area contributed by atoms with Crippen LogP contribution in [-0.4, -0.2) is 75.3 Å². The molecule has 2 aliphatic rings. The quantitative estimate of drug-likeness (QED) is 0.840. The number of hydrogen-bond acceptors (Lipinski definition) is 5. The van der Waals surface area contributed by atoms with E-state index in [0.717, 1.165) is 6.54 Å². The van der Waals surface area contributed by atoms with Crippen molar-refractivity contribution in [1.82, 2.24) is 9.80 Å². The lowest BCUT2D eigenvalue weighted by molar-refractivity contribution is -0.118. The fourth-order valence-corrected chi connectivity index (χ4v) is 3.12. The second kappa shape index (κ2) is 7.88. The lowest BCUT2D eigenvalue weighted by Crippen LogP contribution is -2.41. The van der Waals surface area contributed by atoms with Crippen LogP contribution in [0.25, 0.3) is 0 Å². The smallest absolute Gasteiger partial charge is 0.321 e. The van der Waals surface area contributed by atoms with Gasteiger partial charge in [-0.2, -0.15) is 0 Å². The molecule has 3 rings (SSSR count). The van der Waals surface area contributed by atoms with E-state index in [1.54, 1.807) is 4.90 Å². The third kappa shape index (κ3) is 4.41. The molecule has 1 aromatic carbocycles. The molecular weight excluding hydrogens is 343 g/mol. The standard InChI is InChI=1S/C17H23FN4O4/c1-21(2)7-11-8-22(3-4-25-9-11)17(24)19-12-5-13(18)16-14(6-12)20-15(23)10-26-16/h5-6,11H,3-4,7-10H2,1-2H3,(H,19,24)(H,20,23)/t11-/m0/s1. The number of rotatable bonds is 3. The summed E-state index contributed by atoms with van der Waals surface area (Å²) < 4.78 is 24.8. The van der Waals surface area contributed by atoms with E-state index in [0.29, 0.717) is 26.3 Å². The zero-order chi connectivity index (χ0) is 18.7. The molecule has 26 heavy (non-hydrogen) atoms. The molecule has 0 spiro atoms. The third-order valence-corrected chi connectivity index (χ3v) is 4.16. The van der Waals surface area contributed by atoms with Crippen molar-refractivity contribution in [2.75, 3.05) is 64.2 Å². The van der Waals surface area contributed by atoms with Crippen LogP contribution in [0.5, 0.6) is 5.75 Å². The molecule has 1 fully saturated rings. The molecule has 1 saturated heterocycles. The Bertz CT molecular complexity index is 698. The number of ether oxygens (including phenoxy) is 2. The summed E-state index contributed by atoms with van der Waals surface area (Å²) in [4.78, 5) is 27.7. The highest BCUT2D eigenvalue weighted by Crippen LogP contribution is 2.34. The van der Waals surface area contributed by atoms with Crippen molar-refractivity contribution < 1.29 is 23.5 Å². The Morgan fingerprint density at radius 3 is 3.04 bits per heavy atom. The van der Waals surface area contributed by atoms with Crippen molar-refractivity contribution in [3.63, 3.8) is 0 Å². The fraction of sp³-hybridized carbons (Fsp3) is 0.529. The van der Waals surface area contributed by atoms with Crippen molar-refractivity contribution >= 4 is 23.3 Å². The fourth-order valence-electron chi connectivity index (χ4n) is 3.12. The monoisotopic (exact) mass is 366 g/mol. The highest BCUT2D eigenvalue weighted by molar-refractivity contribution is 5.97. The number of halogens is 1. The highest BCUT2D eigenvalue weighted by Gasteiger charge is 2.25. The largest absolute Gasteiger partial charge is 0.478 e. The first-order chi connectivity index (χ1) is 12.4. The molecular formula is C17H23FN4O4. The van der Waals surface area contributed by atoms with Crippen molar-refractivity contribution in [3.8, 4) is 5.75 Å². The summed E-state index contributed by atoms with van der Waals surface area (Å²) in [5.74, 6) is -0.818. The average molecular weight is 366 g/mol. The average Bonchev–Trinajstić information content (AvgIpc) is 2.79. The number of nitrogens with zero attached hydrogens (tertiary/aromatic N) is 2. The second-order valence-electron chi connectivity index (χ2n) is 6.75. The van der Waals surface area contributed by atoms with Gasteiger partial charge in [-0.05, 0) is 20.2 Å². The maximum atomic E-state index is 14.2. The van der Waals surface area contributed by atoms with Crippen LogP contribution in [0.15, 0.2) is 12.1 Å². The number of hydrogen-bond donors (Lipinski definition) is 2. The van der Waals surface area contributed by atoms with Gasteiger partial charge in [0.1, 0.15) is 0 Å². The Labute approximate surface area is 151 Å². The minimum absolute atomic E-state index is 0.0168. The van der Waals surface area contributed by atoms with E-state index in [2.05, 4.69) is 15.5 Å². The van der Waals surface area contributed by atoms with Gasteiger partial charge in [0.05, 0.1) is 18.9 Å². The van der Waals surface area contributed by atoms with Gasteiger partial charge in [0.2, 0.25) is 0 Å². The predicted molar refractivity (Wildman–Crippen MR) is 94.0 cm³/mol. The molecule has 2 aliphatic heterocycles. The van der Waals surface area contributed by atoms with E-state index in [1.807, 2.05) is 14.1 Å². The van der Waals surface area contributed by atoms with Gasteiger partial charge in [-0.3, -0.25) is 4.79 Å². The summed E-state index contributed by atoms with van der Waals surface area (Å²) in [5.41, 5.74) is 0.465. The number of benzene rings is 1. The van der Waals surface area contributed by atoms with Gasteiger partial charge in [0.25, 0.3) is 5.91 Å². The van der Waals surface area contributed by atoms with Gasteiger partial charge in [0, 0.05) is 37.3 Å². The van der Waals surface area contributed by atoms with E-state index in [-0.39, 0.29) is 41.6 Å². The summed E-state index contributed by atoms with van der Waals surface area (Å²) in [5, 5.41) is 5.23. The summed E-state index contributed by atoms with van der Waals surface area (Å²) in [6.45, 7) is 2.65. The molecule has 0 aromatic heterocycles. The van der Waals surface area contributed by atoms with Crippen molar-refractivity contribution in [2.24, 2.45) is 5.92 Å². The molecule has 0 radical (unpaired) electrons. The Kier molecular flexibility index (Phi) is 5.58. The summed E-state index contributed by atoms with van der Waals surface area (Å²) in [6.07, 6.45) is 0. The Hall–Kier alpha value is -2.39. The first-order valence-corrected chi connectivity index (χ1v) is 8.47. The van der Waals surface area contributed by atoms with Crippen LogP contribution >= 0.6 is 0 Å². The maximum Gasteiger partial charge on any atom is 0.321 e. The van der Waals surface area contributed by atoms with Gasteiger partial charge < -0.3 is 29.9 Å². The normalized spacial score (nSPS) is 20.1. The predicted octanol–water partition coefficient (Wildman–Crippen LogP) is 1.20. The molecule has 9 heteroatoms. The number of nitrogens with one attached hydrogen (secondary N) is 2. The van der Waals surface area contributed by atoms with Crippen LogP contribution in [-0.2, 0) is 9.53 Å². The van der Waals surface area contributed by atoms with Crippen LogP contribution in [0.4, 0.5) is 20.6 Å². The van der Waals surface area contributed by atoms with Crippen LogP contribution < -0.4 is 15.4 Å². The molecule has 0 saturated carbocycles. The van der Waals surface area contributed by atoms with Crippen molar-refractivity contribution in [3.05, 3.63) is 17.9 Å². The minimum Gasteiger partial charge on any atom is -0.478 e. The lowest BCUT2D eigenvalue weighted by atomic mass is 10.1. The van der Waals surface area contributed by atoms with E-state index < -0.39 is 5.82 Å². The summed E-state index contributed by atoms with van der Waals surface area (Å²) >= 11 is 0. The first-order valence-electron chi connectivity index (χ1n) is 8.47. The zero-order valence-corrected chi connectivity index (χ0v) is 14.9. The van der Waals surface area contributed by atoms with Crippen LogP contribution in [0.1, 0.15) is 0 Å². The second-order valence-corrected chi connectivity index (χ2v) is 6.75. The SMILES string of the molecule is CN(C)C[C@@H]1COCCN(C(=O)Nc2cc(F)c3c(c2)NC(=O)CO3)C1. The molecule has 1 aromatic rings. The number of carbonyl (C=O) groups excluding carboxylic acids is 2. The van der Waals surface area contributed by atoms with Crippen LogP contribution in [0, 0.1) is 11.7 Å². The molecule has 2 heterocycles. The van der Waals surface area contributed by atoms with E-state index >= 15 is 0 Å². The van der Waals surface area contributed by atoms with Gasteiger partial charge in [-0.15, -0.1) is 0 Å². The molecule has 0 aliphatic carbocycles. The van der Waals surface area contributed by atoms with E-state index in [1.165, 1.54) is 12.1 Å². The van der Waals surface area contributed by atoms with Crippen LogP contribution in [0.3, 0.4) is 0 Å².